The molecule has 0 N–H and O–H groups in total. The first-order valence-corrected chi connectivity index (χ1v) is 11.8. The summed E-state index contributed by atoms with van der Waals surface area (Å²) >= 11 is 0. The topological polar surface area (TPSA) is 18.5 Å². The number of benzene rings is 1. The van der Waals surface area contributed by atoms with Gasteiger partial charge < -0.3 is 9.47 Å². The molecule has 0 aromatic heterocycles. The molecule has 2 atom stereocenters. The molecular weight excluding hydrogens is 370 g/mol. The summed E-state index contributed by atoms with van der Waals surface area (Å²) in [6.07, 6.45) is 12.8. The number of halogens is 2. The van der Waals surface area contributed by atoms with Gasteiger partial charge in [0.15, 0.2) is 11.5 Å². The molecule has 0 saturated heterocycles. The maximum atomic E-state index is 14.5. The molecule has 2 unspecified atom stereocenters. The van der Waals surface area contributed by atoms with Crippen molar-refractivity contribution >= 4 is 0 Å². The van der Waals surface area contributed by atoms with Crippen LogP contribution >= 0.6 is 0 Å². The Kier molecular flexibility index (Phi) is 8.20. The van der Waals surface area contributed by atoms with Crippen LogP contribution in [0.3, 0.4) is 0 Å². The molecule has 1 aliphatic heterocycles. The van der Waals surface area contributed by atoms with Crippen LogP contribution in [-0.2, 0) is 6.42 Å². The Morgan fingerprint density at radius 2 is 1.79 bits per heavy atom. The Labute approximate surface area is 175 Å². The maximum Gasteiger partial charge on any atom is 0.204 e. The lowest BCUT2D eigenvalue weighted by molar-refractivity contribution is 0.140. The molecule has 164 valence electrons. The van der Waals surface area contributed by atoms with Crippen molar-refractivity contribution in [3.8, 4) is 11.5 Å². The third-order valence-corrected chi connectivity index (χ3v) is 6.97. The third-order valence-electron chi connectivity index (χ3n) is 6.97. The number of ether oxygens (including phenoxy) is 2. The minimum atomic E-state index is -0.908. The Morgan fingerprint density at radius 3 is 2.48 bits per heavy atom. The zero-order chi connectivity index (χ0) is 20.8. The molecule has 29 heavy (non-hydrogen) atoms. The van der Waals surface area contributed by atoms with Crippen molar-refractivity contribution in [2.75, 3.05) is 6.61 Å². The molecule has 0 spiro atoms. The standard InChI is InChI=1S/C25H38F2O2/c1-4-6-8-19(7-5-2)20-13-10-18(11-14-20)16-28-22-15-21-12-9-17(3)29-25(21)24(27)23(22)26/h15,17-20H,4-14,16H2,1-3H3. The van der Waals surface area contributed by atoms with E-state index in [4.69, 9.17) is 9.47 Å². The lowest BCUT2D eigenvalue weighted by atomic mass is 9.73. The predicted octanol–water partition coefficient (Wildman–Crippen LogP) is 7.47. The van der Waals surface area contributed by atoms with Crippen molar-refractivity contribution < 1.29 is 18.3 Å². The van der Waals surface area contributed by atoms with Gasteiger partial charge in [0.05, 0.1) is 12.7 Å². The van der Waals surface area contributed by atoms with E-state index >= 15 is 0 Å². The quantitative estimate of drug-likeness (QED) is 0.422. The second kappa shape index (κ2) is 10.6. The van der Waals surface area contributed by atoms with Crippen LogP contribution in [0.25, 0.3) is 0 Å². The van der Waals surface area contributed by atoms with E-state index in [0.717, 1.165) is 36.7 Å². The van der Waals surface area contributed by atoms with Gasteiger partial charge in [-0.3, -0.25) is 0 Å². The molecular formula is C25H38F2O2. The van der Waals surface area contributed by atoms with Crippen LogP contribution in [0.4, 0.5) is 8.78 Å². The molecule has 0 amide bonds. The van der Waals surface area contributed by atoms with Crippen LogP contribution in [0.15, 0.2) is 6.07 Å². The Balaban J connectivity index is 1.53. The van der Waals surface area contributed by atoms with Crippen molar-refractivity contribution in [2.45, 2.75) is 97.5 Å². The molecule has 1 aromatic carbocycles. The first-order chi connectivity index (χ1) is 14.0. The lowest BCUT2D eigenvalue weighted by Gasteiger charge is -2.34. The summed E-state index contributed by atoms with van der Waals surface area (Å²) in [5.74, 6) is 0.442. The van der Waals surface area contributed by atoms with Gasteiger partial charge in [-0.1, -0.05) is 46.0 Å². The van der Waals surface area contributed by atoms with E-state index in [0.29, 0.717) is 18.9 Å². The predicted molar refractivity (Wildman–Crippen MR) is 114 cm³/mol. The molecule has 3 rings (SSSR count). The monoisotopic (exact) mass is 408 g/mol. The van der Waals surface area contributed by atoms with Crippen LogP contribution in [0.5, 0.6) is 11.5 Å². The third kappa shape index (κ3) is 5.64. The minimum Gasteiger partial charge on any atom is -0.490 e. The Hall–Kier alpha value is -1.32. The average Bonchev–Trinajstić information content (AvgIpc) is 2.73. The summed E-state index contributed by atoms with van der Waals surface area (Å²) in [6.45, 7) is 6.92. The highest BCUT2D eigenvalue weighted by atomic mass is 19.2. The van der Waals surface area contributed by atoms with Gasteiger partial charge in [-0.25, -0.2) is 0 Å². The second-order valence-corrected chi connectivity index (χ2v) is 9.24. The molecule has 4 heteroatoms. The van der Waals surface area contributed by atoms with Crippen molar-refractivity contribution in [3.63, 3.8) is 0 Å². The highest BCUT2D eigenvalue weighted by molar-refractivity contribution is 5.44. The highest BCUT2D eigenvalue weighted by Crippen LogP contribution is 2.39. The van der Waals surface area contributed by atoms with Crippen LogP contribution in [0.1, 0.15) is 90.5 Å². The fraction of sp³-hybridized carbons (Fsp3) is 0.760. The van der Waals surface area contributed by atoms with Crippen molar-refractivity contribution in [1.29, 1.82) is 0 Å². The van der Waals surface area contributed by atoms with Crippen LogP contribution in [0, 0.1) is 29.4 Å². The van der Waals surface area contributed by atoms with Crippen LogP contribution < -0.4 is 9.47 Å². The molecule has 1 heterocycles. The van der Waals surface area contributed by atoms with E-state index in [2.05, 4.69) is 13.8 Å². The second-order valence-electron chi connectivity index (χ2n) is 9.24. The van der Waals surface area contributed by atoms with Crippen LogP contribution in [0.2, 0.25) is 0 Å². The van der Waals surface area contributed by atoms with Gasteiger partial charge >= 0.3 is 0 Å². The average molecular weight is 409 g/mol. The first kappa shape index (κ1) is 22.4. The fourth-order valence-electron chi connectivity index (χ4n) is 5.16. The molecule has 0 radical (unpaired) electrons. The first-order valence-electron chi connectivity index (χ1n) is 11.8. The minimum absolute atomic E-state index is 0.0494. The zero-order valence-corrected chi connectivity index (χ0v) is 18.4. The van der Waals surface area contributed by atoms with Crippen molar-refractivity contribution in [2.24, 2.45) is 17.8 Å². The summed E-state index contributed by atoms with van der Waals surface area (Å²) in [4.78, 5) is 0. The summed E-state index contributed by atoms with van der Waals surface area (Å²) in [5, 5.41) is 0. The molecule has 1 aliphatic carbocycles. The maximum absolute atomic E-state index is 14.5. The van der Waals surface area contributed by atoms with Gasteiger partial charge in [-0.15, -0.1) is 0 Å². The summed E-state index contributed by atoms with van der Waals surface area (Å²) in [6, 6.07) is 1.65. The van der Waals surface area contributed by atoms with E-state index in [1.54, 1.807) is 6.07 Å². The molecule has 0 bridgehead atoms. The number of rotatable bonds is 9. The summed E-state index contributed by atoms with van der Waals surface area (Å²) in [5.41, 5.74) is 0.721. The molecule has 2 nitrogen and oxygen atoms in total. The summed E-state index contributed by atoms with van der Waals surface area (Å²) < 4.78 is 40.2. The van der Waals surface area contributed by atoms with Gasteiger partial charge in [-0.05, 0) is 69.3 Å². The van der Waals surface area contributed by atoms with E-state index in [1.165, 1.54) is 44.9 Å². The number of aryl methyl sites for hydroxylation is 1. The van der Waals surface area contributed by atoms with E-state index in [-0.39, 0.29) is 17.6 Å². The molecule has 1 aromatic rings. The van der Waals surface area contributed by atoms with E-state index in [9.17, 15) is 8.78 Å². The number of hydrogen-bond acceptors (Lipinski definition) is 2. The molecule has 2 aliphatic rings. The van der Waals surface area contributed by atoms with Crippen molar-refractivity contribution in [3.05, 3.63) is 23.3 Å². The van der Waals surface area contributed by atoms with E-state index in [1.807, 2.05) is 6.92 Å². The largest absolute Gasteiger partial charge is 0.490 e. The van der Waals surface area contributed by atoms with Gasteiger partial charge in [-0.2, -0.15) is 8.78 Å². The molecule has 1 saturated carbocycles. The van der Waals surface area contributed by atoms with Gasteiger partial charge in [0, 0.05) is 5.56 Å². The van der Waals surface area contributed by atoms with Crippen LogP contribution in [-0.4, -0.2) is 12.7 Å². The summed E-state index contributed by atoms with van der Waals surface area (Å²) in [7, 11) is 0. The fourth-order valence-corrected chi connectivity index (χ4v) is 5.16. The lowest BCUT2D eigenvalue weighted by Crippen LogP contribution is -2.25. The molecule has 1 fully saturated rings. The zero-order valence-electron chi connectivity index (χ0n) is 18.4. The number of fused-ring (bicyclic) bond motifs is 1. The van der Waals surface area contributed by atoms with Gasteiger partial charge in [0.2, 0.25) is 11.6 Å². The van der Waals surface area contributed by atoms with Crippen molar-refractivity contribution in [1.82, 2.24) is 0 Å². The van der Waals surface area contributed by atoms with E-state index < -0.39 is 11.6 Å². The smallest absolute Gasteiger partial charge is 0.204 e. The number of unbranched alkanes of at least 4 members (excludes halogenated alkanes) is 1. The van der Waals surface area contributed by atoms with Gasteiger partial charge in [0.1, 0.15) is 0 Å². The Morgan fingerprint density at radius 1 is 1.03 bits per heavy atom. The Bertz CT molecular complexity index is 653. The highest BCUT2D eigenvalue weighted by Gasteiger charge is 2.29. The number of hydrogen-bond donors (Lipinski definition) is 0. The van der Waals surface area contributed by atoms with Gasteiger partial charge in [0.25, 0.3) is 0 Å². The SMILES string of the molecule is CCCCC(CCC)C1CCC(COc2cc3c(c(F)c2F)OC(C)CC3)CC1. The normalized spacial score (nSPS) is 25.2.